The Bertz CT molecular complexity index is 3010. The molecule has 0 saturated heterocycles. The van der Waals surface area contributed by atoms with E-state index >= 15 is 0 Å². The molecule has 0 radical (unpaired) electrons. The second-order valence-electron chi connectivity index (χ2n) is 14.9. The van der Waals surface area contributed by atoms with Crippen molar-refractivity contribution in [3.05, 3.63) is 247 Å². The average Bonchev–Trinajstić information content (AvgIpc) is 3.81. The van der Waals surface area contributed by atoms with Crippen molar-refractivity contribution in [2.75, 3.05) is 4.90 Å². The molecule has 1 nitrogen and oxygen atoms in total. The molecule has 0 atom stereocenters. The Morgan fingerprint density at radius 1 is 0.316 bits per heavy atom. The lowest BCUT2D eigenvalue weighted by atomic mass is 9.68. The number of hydrogen-bond acceptors (Lipinski definition) is 2. The van der Waals surface area contributed by atoms with Gasteiger partial charge in [-0.3, -0.25) is 0 Å². The maximum Gasteiger partial charge on any atom is 0.0713 e. The van der Waals surface area contributed by atoms with E-state index in [1.54, 1.807) is 0 Å². The number of nitrogens with zero attached hydrogens (tertiary/aromatic N) is 1. The maximum atomic E-state index is 2.39. The zero-order valence-electron chi connectivity index (χ0n) is 31.2. The number of anilines is 3. The van der Waals surface area contributed by atoms with Gasteiger partial charge in [0.2, 0.25) is 0 Å². The summed E-state index contributed by atoms with van der Waals surface area (Å²) in [4.78, 5) is 2.39. The summed E-state index contributed by atoms with van der Waals surface area (Å²) in [6, 6.07) is 82.4. The molecule has 11 rings (SSSR count). The molecule has 0 fully saturated rings. The van der Waals surface area contributed by atoms with Gasteiger partial charge in [-0.25, -0.2) is 0 Å². The van der Waals surface area contributed by atoms with Crippen LogP contribution >= 0.6 is 11.3 Å². The summed E-state index contributed by atoms with van der Waals surface area (Å²) < 4.78 is 2.65. The molecule has 1 heterocycles. The third-order valence-electron chi connectivity index (χ3n) is 11.8. The quantitative estimate of drug-likeness (QED) is 0.157. The van der Waals surface area contributed by atoms with Gasteiger partial charge in [-0.1, -0.05) is 170 Å². The molecule has 0 spiro atoms. The first-order valence-corrected chi connectivity index (χ1v) is 20.4. The molecule has 0 saturated carbocycles. The van der Waals surface area contributed by atoms with Crippen molar-refractivity contribution in [1.29, 1.82) is 0 Å². The fourth-order valence-corrected chi connectivity index (χ4v) is 10.3. The normalized spacial score (nSPS) is 12.7. The Morgan fingerprint density at radius 2 is 0.825 bits per heavy atom. The number of benzene rings is 9. The Labute approximate surface area is 337 Å². The van der Waals surface area contributed by atoms with Crippen molar-refractivity contribution in [1.82, 2.24) is 0 Å². The van der Waals surface area contributed by atoms with Crippen LogP contribution in [0.25, 0.3) is 53.6 Å². The first-order valence-electron chi connectivity index (χ1n) is 19.6. The van der Waals surface area contributed by atoms with Crippen molar-refractivity contribution >= 4 is 48.6 Å². The lowest BCUT2D eigenvalue weighted by Crippen LogP contribution is -2.28. The SMILES string of the molecule is c1ccc(-c2cccc(N(c3ccc(-c4ccc5sc6ccccc6c5c4)cc3)c3ccc(C4(c5ccccc5)c5ccccc5-c5ccccc54)cc3)c2)cc1. The van der Waals surface area contributed by atoms with Crippen LogP contribution in [0.2, 0.25) is 0 Å². The Balaban J connectivity index is 1.05. The third-order valence-corrected chi connectivity index (χ3v) is 12.9. The summed E-state index contributed by atoms with van der Waals surface area (Å²) in [6.45, 7) is 0. The molecule has 0 aliphatic heterocycles. The van der Waals surface area contributed by atoms with E-state index in [2.05, 4.69) is 229 Å². The standard InChI is InChI=1S/C55H37NS/c1-3-14-38(15-4-1)40-16-13-19-46(36-40)56(44-31-26-39(27-32-44)41-28-35-54-50(37-41)49-22-9-12-25-53(49)57-54)45-33-29-43(30-34-45)55(42-17-5-2-6-18-42)51-23-10-7-20-47(51)48-21-8-11-24-52(48)55/h1-37H. The first kappa shape index (κ1) is 33.3. The molecule has 10 aromatic rings. The zero-order chi connectivity index (χ0) is 37.8. The van der Waals surface area contributed by atoms with E-state index in [1.807, 2.05) is 11.3 Å². The molecule has 0 bridgehead atoms. The van der Waals surface area contributed by atoms with Crippen LogP contribution in [-0.2, 0) is 5.41 Å². The van der Waals surface area contributed by atoms with Crippen LogP contribution < -0.4 is 4.90 Å². The molecule has 1 aliphatic rings. The minimum absolute atomic E-state index is 0.443. The van der Waals surface area contributed by atoms with Gasteiger partial charge in [0.25, 0.3) is 0 Å². The summed E-state index contributed by atoms with van der Waals surface area (Å²) >= 11 is 1.86. The van der Waals surface area contributed by atoms with Crippen molar-refractivity contribution in [2.45, 2.75) is 5.41 Å². The lowest BCUT2D eigenvalue weighted by molar-refractivity contribution is 0.768. The van der Waals surface area contributed by atoms with Gasteiger partial charge in [-0.05, 0) is 110 Å². The topological polar surface area (TPSA) is 3.24 Å². The van der Waals surface area contributed by atoms with E-state index in [4.69, 9.17) is 0 Å². The van der Waals surface area contributed by atoms with Gasteiger partial charge in [0.15, 0.2) is 0 Å². The highest BCUT2D eigenvalue weighted by Crippen LogP contribution is 2.56. The highest BCUT2D eigenvalue weighted by Gasteiger charge is 2.45. The first-order chi connectivity index (χ1) is 28.3. The van der Waals surface area contributed by atoms with Crippen LogP contribution in [0.4, 0.5) is 17.1 Å². The largest absolute Gasteiger partial charge is 0.310 e. The number of hydrogen-bond donors (Lipinski definition) is 0. The maximum absolute atomic E-state index is 2.39. The number of thiophene rings is 1. The summed E-state index contributed by atoms with van der Waals surface area (Å²) in [5.41, 5.74) is 15.4. The molecule has 0 N–H and O–H groups in total. The van der Waals surface area contributed by atoms with E-state index in [0.717, 1.165) is 17.1 Å². The highest BCUT2D eigenvalue weighted by atomic mass is 32.1. The Hall–Kier alpha value is -7.00. The van der Waals surface area contributed by atoms with E-state index in [0.29, 0.717) is 0 Å². The average molecular weight is 744 g/mol. The molecule has 0 unspecified atom stereocenters. The monoisotopic (exact) mass is 743 g/mol. The van der Waals surface area contributed by atoms with Crippen LogP contribution in [0.1, 0.15) is 22.3 Å². The molecular weight excluding hydrogens is 707 g/mol. The van der Waals surface area contributed by atoms with E-state index in [-0.39, 0.29) is 0 Å². The molecule has 9 aromatic carbocycles. The van der Waals surface area contributed by atoms with Crippen LogP contribution in [0.5, 0.6) is 0 Å². The molecule has 1 aromatic heterocycles. The predicted molar refractivity (Wildman–Crippen MR) is 242 cm³/mol. The molecular formula is C55H37NS. The second kappa shape index (κ2) is 13.6. The van der Waals surface area contributed by atoms with Gasteiger partial charge < -0.3 is 4.90 Å². The van der Waals surface area contributed by atoms with E-state index < -0.39 is 5.41 Å². The molecule has 0 amide bonds. The lowest BCUT2D eigenvalue weighted by Gasteiger charge is -2.34. The molecule has 57 heavy (non-hydrogen) atoms. The van der Waals surface area contributed by atoms with Crippen molar-refractivity contribution in [3.8, 4) is 33.4 Å². The number of fused-ring (bicyclic) bond motifs is 6. The van der Waals surface area contributed by atoms with Crippen molar-refractivity contribution < 1.29 is 0 Å². The van der Waals surface area contributed by atoms with Crippen LogP contribution in [0.3, 0.4) is 0 Å². The van der Waals surface area contributed by atoms with E-state index in [9.17, 15) is 0 Å². The summed E-state index contributed by atoms with van der Waals surface area (Å²) in [5.74, 6) is 0. The third kappa shape index (κ3) is 5.44. The summed E-state index contributed by atoms with van der Waals surface area (Å²) in [5, 5.41) is 2.64. The molecule has 1 aliphatic carbocycles. The fourth-order valence-electron chi connectivity index (χ4n) is 9.18. The zero-order valence-corrected chi connectivity index (χ0v) is 32.0. The van der Waals surface area contributed by atoms with Gasteiger partial charge in [-0.2, -0.15) is 0 Å². The van der Waals surface area contributed by atoms with Gasteiger partial charge in [-0.15, -0.1) is 11.3 Å². The van der Waals surface area contributed by atoms with Gasteiger partial charge in [0.1, 0.15) is 0 Å². The van der Waals surface area contributed by atoms with Crippen LogP contribution in [0, 0.1) is 0 Å². The minimum atomic E-state index is -0.443. The molecule has 2 heteroatoms. The molecule has 268 valence electrons. The number of rotatable bonds is 7. The smallest absolute Gasteiger partial charge is 0.0713 e. The van der Waals surface area contributed by atoms with Crippen molar-refractivity contribution in [2.24, 2.45) is 0 Å². The van der Waals surface area contributed by atoms with Gasteiger partial charge in [0, 0.05) is 37.2 Å². The fraction of sp³-hybridized carbons (Fsp3) is 0.0182. The van der Waals surface area contributed by atoms with Crippen molar-refractivity contribution in [3.63, 3.8) is 0 Å². The Morgan fingerprint density at radius 3 is 1.54 bits per heavy atom. The Kier molecular flexibility index (Phi) is 7.98. The predicted octanol–water partition coefficient (Wildman–Crippen LogP) is 15.2. The summed E-state index contributed by atoms with van der Waals surface area (Å²) in [6.07, 6.45) is 0. The van der Waals surface area contributed by atoms with E-state index in [1.165, 1.54) is 75.8 Å². The summed E-state index contributed by atoms with van der Waals surface area (Å²) in [7, 11) is 0. The van der Waals surface area contributed by atoms with Crippen LogP contribution in [-0.4, -0.2) is 0 Å². The highest BCUT2D eigenvalue weighted by molar-refractivity contribution is 7.25. The second-order valence-corrected chi connectivity index (χ2v) is 15.9. The van der Waals surface area contributed by atoms with Crippen LogP contribution in [0.15, 0.2) is 224 Å². The van der Waals surface area contributed by atoms with Gasteiger partial charge in [0.05, 0.1) is 5.41 Å². The minimum Gasteiger partial charge on any atom is -0.310 e. The van der Waals surface area contributed by atoms with Gasteiger partial charge >= 0.3 is 0 Å².